The van der Waals surface area contributed by atoms with E-state index in [-0.39, 0.29) is 11.9 Å². The minimum atomic E-state index is 0.0615. The van der Waals surface area contributed by atoms with Gasteiger partial charge in [0, 0.05) is 24.8 Å². The van der Waals surface area contributed by atoms with Crippen molar-refractivity contribution in [2.45, 2.75) is 39.7 Å². The fourth-order valence-corrected chi connectivity index (χ4v) is 3.34. The molecule has 0 saturated carbocycles. The summed E-state index contributed by atoms with van der Waals surface area (Å²) in [5, 5.41) is 4.49. The first-order valence-electron chi connectivity index (χ1n) is 7.36. The molecule has 5 nitrogen and oxygen atoms in total. The van der Waals surface area contributed by atoms with Crippen molar-refractivity contribution < 1.29 is 9.21 Å². The van der Waals surface area contributed by atoms with Crippen LogP contribution < -0.4 is 0 Å². The Morgan fingerprint density at radius 2 is 2.14 bits per heavy atom. The molecule has 1 atom stereocenters. The Labute approximate surface area is 124 Å². The molecular weight excluding hydrogens is 266 g/mol. The van der Waals surface area contributed by atoms with Gasteiger partial charge in [-0.15, -0.1) is 0 Å². The van der Waals surface area contributed by atoms with Crippen LogP contribution >= 0.6 is 0 Å². The molecule has 1 amide bonds. The third-order valence-electron chi connectivity index (χ3n) is 4.50. The van der Waals surface area contributed by atoms with Gasteiger partial charge in [-0.2, -0.15) is 5.10 Å². The van der Waals surface area contributed by atoms with Crippen molar-refractivity contribution in [3.8, 4) is 0 Å². The maximum Gasteiger partial charge on any atom is 0.257 e. The monoisotopic (exact) mass is 287 g/mol. The topological polar surface area (TPSA) is 51.3 Å². The molecule has 112 valence electrons. The predicted molar refractivity (Wildman–Crippen MR) is 79.1 cm³/mol. The Kier molecular flexibility index (Phi) is 3.35. The van der Waals surface area contributed by atoms with E-state index in [0.717, 1.165) is 30.8 Å². The Bertz CT molecular complexity index is 684. The van der Waals surface area contributed by atoms with Crippen LogP contribution in [0.2, 0.25) is 0 Å². The van der Waals surface area contributed by atoms with E-state index < -0.39 is 0 Å². The molecule has 3 rings (SSSR count). The molecule has 1 fully saturated rings. The summed E-state index contributed by atoms with van der Waals surface area (Å²) in [7, 11) is 1.95. The highest BCUT2D eigenvalue weighted by atomic mass is 16.3. The van der Waals surface area contributed by atoms with Crippen LogP contribution in [-0.4, -0.2) is 27.1 Å². The van der Waals surface area contributed by atoms with Gasteiger partial charge < -0.3 is 9.32 Å². The lowest BCUT2D eigenvalue weighted by Crippen LogP contribution is -2.31. The molecule has 2 aromatic rings. The van der Waals surface area contributed by atoms with E-state index in [2.05, 4.69) is 12.0 Å². The van der Waals surface area contributed by atoms with Crippen molar-refractivity contribution in [1.82, 2.24) is 14.7 Å². The second-order valence-corrected chi connectivity index (χ2v) is 5.76. The highest BCUT2D eigenvalue weighted by molar-refractivity contribution is 5.95. The van der Waals surface area contributed by atoms with Crippen molar-refractivity contribution in [2.75, 3.05) is 6.54 Å². The third-order valence-corrected chi connectivity index (χ3v) is 4.50. The Morgan fingerprint density at radius 1 is 1.38 bits per heavy atom. The number of rotatable bonds is 2. The summed E-state index contributed by atoms with van der Waals surface area (Å²) < 4.78 is 7.17. The van der Waals surface area contributed by atoms with Crippen LogP contribution in [0.5, 0.6) is 0 Å². The van der Waals surface area contributed by atoms with Crippen molar-refractivity contribution in [2.24, 2.45) is 7.05 Å². The number of likely N-dealkylation sites (tertiary alicyclic amines) is 1. The molecule has 3 heterocycles. The van der Waals surface area contributed by atoms with Crippen molar-refractivity contribution >= 4 is 5.91 Å². The number of aromatic nitrogens is 2. The van der Waals surface area contributed by atoms with Crippen LogP contribution in [0.4, 0.5) is 0 Å². The standard InChI is InChI=1S/C16H21N3O2/c1-10-15(11(2)18(4)17-10)14-6-5-8-19(14)16(20)13-7-9-21-12(13)3/h7,9,14H,5-6,8H2,1-4H3/t14-/m1/s1. The van der Waals surface area contributed by atoms with Gasteiger partial charge in [0.15, 0.2) is 0 Å². The summed E-state index contributed by atoms with van der Waals surface area (Å²) in [5.41, 5.74) is 4.02. The largest absolute Gasteiger partial charge is 0.469 e. The molecule has 1 aliphatic rings. The van der Waals surface area contributed by atoms with Crippen molar-refractivity contribution in [3.63, 3.8) is 0 Å². The lowest BCUT2D eigenvalue weighted by Gasteiger charge is -2.25. The summed E-state index contributed by atoms with van der Waals surface area (Å²) in [5.74, 6) is 0.747. The first kappa shape index (κ1) is 13.9. The van der Waals surface area contributed by atoms with E-state index >= 15 is 0 Å². The van der Waals surface area contributed by atoms with E-state index in [1.54, 1.807) is 12.3 Å². The Hall–Kier alpha value is -2.04. The molecular formula is C16H21N3O2. The van der Waals surface area contributed by atoms with E-state index in [0.29, 0.717) is 11.3 Å². The summed E-state index contributed by atoms with van der Waals surface area (Å²) in [6, 6.07) is 1.89. The molecule has 0 spiro atoms. The third kappa shape index (κ3) is 2.17. The molecule has 0 aromatic carbocycles. The van der Waals surface area contributed by atoms with Crippen LogP contribution in [0.25, 0.3) is 0 Å². The van der Waals surface area contributed by atoms with Gasteiger partial charge in [0.25, 0.3) is 5.91 Å². The van der Waals surface area contributed by atoms with E-state index in [1.165, 1.54) is 5.56 Å². The summed E-state index contributed by atoms with van der Waals surface area (Å²) in [6.45, 7) is 6.71. The Morgan fingerprint density at radius 3 is 2.71 bits per heavy atom. The highest BCUT2D eigenvalue weighted by Crippen LogP contribution is 2.36. The van der Waals surface area contributed by atoms with Gasteiger partial charge in [-0.25, -0.2) is 0 Å². The molecule has 1 saturated heterocycles. The van der Waals surface area contributed by atoms with Gasteiger partial charge in [-0.1, -0.05) is 0 Å². The highest BCUT2D eigenvalue weighted by Gasteiger charge is 2.34. The van der Waals surface area contributed by atoms with E-state index in [9.17, 15) is 4.79 Å². The van der Waals surface area contributed by atoms with Gasteiger partial charge in [0.1, 0.15) is 5.76 Å². The minimum absolute atomic E-state index is 0.0615. The lowest BCUT2D eigenvalue weighted by molar-refractivity contribution is 0.0733. The minimum Gasteiger partial charge on any atom is -0.469 e. The van der Waals surface area contributed by atoms with Gasteiger partial charge in [-0.3, -0.25) is 9.48 Å². The molecule has 0 bridgehead atoms. The van der Waals surface area contributed by atoms with Crippen molar-refractivity contribution in [3.05, 3.63) is 40.6 Å². The van der Waals surface area contributed by atoms with Gasteiger partial charge in [-0.05, 0) is 39.7 Å². The number of furan rings is 1. The number of hydrogen-bond donors (Lipinski definition) is 0. The smallest absolute Gasteiger partial charge is 0.257 e. The summed E-state index contributed by atoms with van der Waals surface area (Å²) >= 11 is 0. The second kappa shape index (κ2) is 5.06. The molecule has 1 aliphatic heterocycles. The van der Waals surface area contributed by atoms with Crippen LogP contribution in [0.15, 0.2) is 16.7 Å². The quantitative estimate of drug-likeness (QED) is 0.853. The van der Waals surface area contributed by atoms with Gasteiger partial charge in [0.2, 0.25) is 0 Å². The molecule has 2 aromatic heterocycles. The van der Waals surface area contributed by atoms with Gasteiger partial charge >= 0.3 is 0 Å². The summed E-state index contributed by atoms with van der Waals surface area (Å²) in [4.78, 5) is 14.7. The molecule has 0 unspecified atom stereocenters. The van der Waals surface area contributed by atoms with Crippen molar-refractivity contribution in [1.29, 1.82) is 0 Å². The van der Waals surface area contributed by atoms with Crippen LogP contribution in [0.3, 0.4) is 0 Å². The van der Waals surface area contributed by atoms with Crippen LogP contribution in [-0.2, 0) is 7.05 Å². The number of nitrogens with zero attached hydrogens (tertiary/aromatic N) is 3. The molecule has 0 radical (unpaired) electrons. The average Bonchev–Trinajstić information content (AvgIpc) is 3.11. The Balaban J connectivity index is 1.96. The second-order valence-electron chi connectivity index (χ2n) is 5.76. The molecule has 5 heteroatoms. The zero-order chi connectivity index (χ0) is 15.1. The maximum atomic E-state index is 12.8. The molecule has 0 aliphatic carbocycles. The van der Waals surface area contributed by atoms with E-state index in [1.807, 2.05) is 30.5 Å². The zero-order valence-electron chi connectivity index (χ0n) is 13.0. The summed E-state index contributed by atoms with van der Waals surface area (Å²) in [6.07, 6.45) is 3.60. The first-order chi connectivity index (χ1) is 10.0. The zero-order valence-corrected chi connectivity index (χ0v) is 13.0. The number of aryl methyl sites for hydroxylation is 3. The van der Waals surface area contributed by atoms with E-state index in [4.69, 9.17) is 4.42 Å². The fraction of sp³-hybridized carbons (Fsp3) is 0.500. The lowest BCUT2D eigenvalue weighted by atomic mass is 10.0. The number of hydrogen-bond acceptors (Lipinski definition) is 3. The molecule has 0 N–H and O–H groups in total. The van der Waals surface area contributed by atoms with Crippen LogP contribution in [0.1, 0.15) is 52.0 Å². The first-order valence-corrected chi connectivity index (χ1v) is 7.36. The SMILES string of the molecule is Cc1nn(C)c(C)c1[C@H]1CCCN1C(=O)c1ccoc1C. The molecule has 21 heavy (non-hydrogen) atoms. The van der Waals surface area contributed by atoms with Gasteiger partial charge in [0.05, 0.1) is 23.6 Å². The van der Waals surface area contributed by atoms with Crippen LogP contribution in [0, 0.1) is 20.8 Å². The number of carbonyl (C=O) groups is 1. The average molecular weight is 287 g/mol. The number of amides is 1. The fourth-order valence-electron chi connectivity index (χ4n) is 3.34. The normalized spacial score (nSPS) is 18.5. The maximum absolute atomic E-state index is 12.8. The number of carbonyl (C=O) groups excluding carboxylic acids is 1. The predicted octanol–water partition coefficient (Wildman–Crippen LogP) is 2.92.